The zero-order chi connectivity index (χ0) is 14.8. The molecule has 2 fully saturated rings. The standard InChI is InChI=1S/C20H28O2/c1-19-8-2-3-18(19)17-5-4-14-13-20(21-11-12-22-20)10-7-15(14)16(17)6-9-19/h6,17-18H,2-5,7-13H2,1H3. The molecule has 0 N–H and O–H groups in total. The van der Waals surface area contributed by atoms with Crippen molar-refractivity contribution in [1.29, 1.82) is 0 Å². The van der Waals surface area contributed by atoms with E-state index in [1.54, 1.807) is 16.7 Å². The summed E-state index contributed by atoms with van der Waals surface area (Å²) in [6.45, 7) is 4.13. The summed E-state index contributed by atoms with van der Waals surface area (Å²) in [7, 11) is 0. The molecule has 5 aliphatic rings. The average molecular weight is 300 g/mol. The lowest BCUT2D eigenvalue weighted by atomic mass is 9.59. The van der Waals surface area contributed by atoms with E-state index in [9.17, 15) is 0 Å². The van der Waals surface area contributed by atoms with Crippen molar-refractivity contribution < 1.29 is 9.47 Å². The molecule has 22 heavy (non-hydrogen) atoms. The first-order chi connectivity index (χ1) is 10.7. The molecule has 0 aromatic heterocycles. The van der Waals surface area contributed by atoms with Crippen molar-refractivity contribution in [3.8, 4) is 0 Å². The van der Waals surface area contributed by atoms with Crippen LogP contribution >= 0.6 is 0 Å². The summed E-state index contributed by atoms with van der Waals surface area (Å²) in [6, 6.07) is 0. The van der Waals surface area contributed by atoms with Gasteiger partial charge in [0.1, 0.15) is 0 Å². The summed E-state index contributed by atoms with van der Waals surface area (Å²) in [5.74, 6) is 1.57. The molecule has 1 aliphatic heterocycles. The normalized spacial score (nSPS) is 42.9. The van der Waals surface area contributed by atoms with Crippen molar-refractivity contribution in [2.45, 2.75) is 70.5 Å². The summed E-state index contributed by atoms with van der Waals surface area (Å²) >= 11 is 0. The van der Waals surface area contributed by atoms with Crippen molar-refractivity contribution in [3.05, 3.63) is 22.8 Å². The summed E-state index contributed by atoms with van der Waals surface area (Å²) < 4.78 is 12.0. The molecule has 5 rings (SSSR count). The number of hydrogen-bond acceptors (Lipinski definition) is 2. The van der Waals surface area contributed by atoms with Crippen LogP contribution in [0.3, 0.4) is 0 Å². The van der Waals surface area contributed by atoms with Gasteiger partial charge in [0.15, 0.2) is 5.79 Å². The van der Waals surface area contributed by atoms with Gasteiger partial charge in [0, 0.05) is 12.8 Å². The Morgan fingerprint density at radius 1 is 1.09 bits per heavy atom. The topological polar surface area (TPSA) is 18.5 Å². The summed E-state index contributed by atoms with van der Waals surface area (Å²) in [5, 5.41) is 0. The first-order valence-corrected chi connectivity index (χ1v) is 9.38. The van der Waals surface area contributed by atoms with Crippen molar-refractivity contribution in [3.63, 3.8) is 0 Å². The van der Waals surface area contributed by atoms with Crippen LogP contribution in [0.2, 0.25) is 0 Å². The Morgan fingerprint density at radius 3 is 2.82 bits per heavy atom. The van der Waals surface area contributed by atoms with Crippen LogP contribution in [0.25, 0.3) is 0 Å². The van der Waals surface area contributed by atoms with Gasteiger partial charge < -0.3 is 9.47 Å². The van der Waals surface area contributed by atoms with Crippen LogP contribution in [0, 0.1) is 17.3 Å². The number of hydrogen-bond donors (Lipinski definition) is 0. The van der Waals surface area contributed by atoms with Crippen molar-refractivity contribution >= 4 is 0 Å². The molecule has 0 aromatic rings. The number of allylic oxidation sites excluding steroid dienone is 3. The third-order valence-electron chi connectivity index (χ3n) is 7.42. The molecule has 3 unspecified atom stereocenters. The lowest BCUT2D eigenvalue weighted by Crippen LogP contribution is -2.39. The van der Waals surface area contributed by atoms with Gasteiger partial charge in [-0.25, -0.2) is 0 Å². The van der Waals surface area contributed by atoms with Gasteiger partial charge in [-0.05, 0) is 66.9 Å². The molecular weight excluding hydrogens is 272 g/mol. The van der Waals surface area contributed by atoms with Gasteiger partial charge in [0.05, 0.1) is 13.2 Å². The second-order valence-corrected chi connectivity index (χ2v) is 8.53. The Bertz CT molecular complexity index is 552. The molecule has 2 heteroatoms. The van der Waals surface area contributed by atoms with Gasteiger partial charge in [-0.15, -0.1) is 0 Å². The molecule has 1 spiro atoms. The number of rotatable bonds is 0. The number of ether oxygens (including phenoxy) is 2. The lowest BCUT2D eigenvalue weighted by molar-refractivity contribution is -0.164. The third-order valence-corrected chi connectivity index (χ3v) is 7.42. The highest BCUT2D eigenvalue weighted by atomic mass is 16.7. The van der Waals surface area contributed by atoms with E-state index < -0.39 is 0 Å². The van der Waals surface area contributed by atoms with E-state index in [1.807, 2.05) is 0 Å². The van der Waals surface area contributed by atoms with E-state index in [4.69, 9.17) is 9.47 Å². The van der Waals surface area contributed by atoms with E-state index in [-0.39, 0.29) is 5.79 Å². The maximum Gasteiger partial charge on any atom is 0.172 e. The van der Waals surface area contributed by atoms with Gasteiger partial charge in [-0.3, -0.25) is 0 Å². The van der Waals surface area contributed by atoms with Crippen LogP contribution in [-0.2, 0) is 9.47 Å². The molecule has 4 aliphatic carbocycles. The Morgan fingerprint density at radius 2 is 1.95 bits per heavy atom. The van der Waals surface area contributed by atoms with Gasteiger partial charge in [-0.2, -0.15) is 0 Å². The Labute approximate surface area is 133 Å². The molecule has 2 nitrogen and oxygen atoms in total. The molecule has 1 heterocycles. The fraction of sp³-hybridized carbons (Fsp3) is 0.800. The molecule has 0 bridgehead atoms. The third kappa shape index (κ3) is 1.86. The predicted octanol–water partition coefficient (Wildman–Crippen LogP) is 4.76. The molecule has 120 valence electrons. The van der Waals surface area contributed by atoms with Crippen molar-refractivity contribution in [2.75, 3.05) is 13.2 Å². The van der Waals surface area contributed by atoms with Gasteiger partial charge in [0.25, 0.3) is 0 Å². The zero-order valence-electron chi connectivity index (χ0n) is 13.8. The SMILES string of the molecule is CC12CC=C3C4=C(CCC3C1CCC2)CC1(CC4)OCCO1. The predicted molar refractivity (Wildman–Crippen MR) is 86.4 cm³/mol. The minimum Gasteiger partial charge on any atom is -0.347 e. The molecule has 1 saturated heterocycles. The highest BCUT2D eigenvalue weighted by Gasteiger charge is 2.49. The van der Waals surface area contributed by atoms with E-state index in [0.717, 1.165) is 37.9 Å². The van der Waals surface area contributed by atoms with E-state index in [2.05, 4.69) is 13.0 Å². The molecule has 0 amide bonds. The van der Waals surface area contributed by atoms with E-state index >= 15 is 0 Å². The Hall–Kier alpha value is -0.600. The van der Waals surface area contributed by atoms with Crippen LogP contribution < -0.4 is 0 Å². The van der Waals surface area contributed by atoms with Crippen molar-refractivity contribution in [1.82, 2.24) is 0 Å². The summed E-state index contributed by atoms with van der Waals surface area (Å²) in [6.07, 6.45) is 14.3. The van der Waals surface area contributed by atoms with Crippen LogP contribution in [0.15, 0.2) is 22.8 Å². The molecule has 0 radical (unpaired) electrons. The Balaban J connectivity index is 1.48. The smallest absolute Gasteiger partial charge is 0.172 e. The maximum absolute atomic E-state index is 5.98. The monoisotopic (exact) mass is 300 g/mol. The molecule has 3 atom stereocenters. The minimum absolute atomic E-state index is 0.247. The lowest BCUT2D eigenvalue weighted by Gasteiger charge is -2.47. The molecular formula is C20H28O2. The fourth-order valence-electron chi connectivity index (χ4n) is 6.29. The van der Waals surface area contributed by atoms with E-state index in [1.165, 1.54) is 44.9 Å². The van der Waals surface area contributed by atoms with Crippen molar-refractivity contribution in [2.24, 2.45) is 17.3 Å². The van der Waals surface area contributed by atoms with Crippen LogP contribution in [0.4, 0.5) is 0 Å². The van der Waals surface area contributed by atoms with Gasteiger partial charge in [-0.1, -0.05) is 25.0 Å². The van der Waals surface area contributed by atoms with Gasteiger partial charge in [0.2, 0.25) is 0 Å². The molecule has 0 aromatic carbocycles. The second kappa shape index (κ2) is 4.70. The minimum atomic E-state index is -0.247. The van der Waals surface area contributed by atoms with Crippen LogP contribution in [0.5, 0.6) is 0 Å². The summed E-state index contributed by atoms with van der Waals surface area (Å²) in [4.78, 5) is 0. The maximum atomic E-state index is 5.98. The number of fused-ring (bicyclic) bond motifs is 4. The summed E-state index contributed by atoms with van der Waals surface area (Å²) in [5.41, 5.74) is 5.74. The van der Waals surface area contributed by atoms with Crippen LogP contribution in [0.1, 0.15) is 64.7 Å². The average Bonchev–Trinajstić information content (AvgIpc) is 3.13. The van der Waals surface area contributed by atoms with Gasteiger partial charge >= 0.3 is 0 Å². The highest BCUT2D eigenvalue weighted by molar-refractivity contribution is 5.44. The fourth-order valence-corrected chi connectivity index (χ4v) is 6.29. The largest absolute Gasteiger partial charge is 0.347 e. The first-order valence-electron chi connectivity index (χ1n) is 9.38. The second-order valence-electron chi connectivity index (χ2n) is 8.53. The quantitative estimate of drug-likeness (QED) is 0.642. The van der Waals surface area contributed by atoms with Crippen LogP contribution in [-0.4, -0.2) is 19.0 Å². The van der Waals surface area contributed by atoms with E-state index in [0.29, 0.717) is 5.41 Å². The zero-order valence-corrected chi connectivity index (χ0v) is 13.8. The first kappa shape index (κ1) is 13.8. The molecule has 1 saturated carbocycles. The Kier molecular flexibility index (Phi) is 2.95. The highest BCUT2D eigenvalue weighted by Crippen LogP contribution is 2.59.